The van der Waals surface area contributed by atoms with E-state index in [1.165, 1.54) is 0 Å². The minimum Gasteiger partial charge on any atom is -0.488 e. The van der Waals surface area contributed by atoms with Gasteiger partial charge in [0.1, 0.15) is 40.7 Å². The van der Waals surface area contributed by atoms with Crippen LogP contribution >= 0.6 is 0 Å². The van der Waals surface area contributed by atoms with Gasteiger partial charge in [0, 0.05) is 56.6 Å². The van der Waals surface area contributed by atoms with Crippen LogP contribution in [0.15, 0.2) is 30.3 Å². The number of β-amino-alcohol motifs (C(OH)–C–C–N with tert-alkyl or cyclic N) is 1. The van der Waals surface area contributed by atoms with Gasteiger partial charge in [0.2, 0.25) is 11.8 Å². The van der Waals surface area contributed by atoms with E-state index in [2.05, 4.69) is 10.6 Å². The zero-order valence-electron chi connectivity index (χ0n) is 29.5. The van der Waals surface area contributed by atoms with E-state index in [4.69, 9.17) is 14.2 Å². The third-order valence-corrected chi connectivity index (χ3v) is 9.15. The fraction of sp³-hybridized carbons (Fsp3) is 0.571. The number of ether oxygens (including phenoxy) is 3. The number of carbonyl (C=O) groups is 3. The Morgan fingerprint density at radius 3 is 2.09 bits per heavy atom. The Morgan fingerprint density at radius 1 is 0.852 bits per heavy atom. The predicted octanol–water partition coefficient (Wildman–Crippen LogP) is 6.20. The lowest BCUT2D eigenvalue weighted by Gasteiger charge is -2.30. The lowest BCUT2D eigenvalue weighted by Crippen LogP contribution is -2.45. The van der Waals surface area contributed by atoms with E-state index in [-0.39, 0.29) is 44.1 Å². The van der Waals surface area contributed by atoms with Crippen LogP contribution in [0.2, 0.25) is 0 Å². The van der Waals surface area contributed by atoms with Crippen molar-refractivity contribution in [2.45, 2.75) is 88.7 Å². The molecule has 0 aromatic heterocycles. The van der Waals surface area contributed by atoms with E-state index in [9.17, 15) is 50.2 Å². The highest BCUT2D eigenvalue weighted by Gasteiger charge is 2.44. The van der Waals surface area contributed by atoms with Crippen molar-refractivity contribution in [3.63, 3.8) is 0 Å². The van der Waals surface area contributed by atoms with Gasteiger partial charge in [0.05, 0.1) is 24.3 Å². The molecule has 3 aliphatic heterocycles. The molecule has 3 amide bonds. The van der Waals surface area contributed by atoms with Gasteiger partial charge in [0.25, 0.3) is 0 Å². The minimum absolute atomic E-state index is 0.00684. The van der Waals surface area contributed by atoms with Gasteiger partial charge in [-0.2, -0.15) is 26.3 Å². The summed E-state index contributed by atoms with van der Waals surface area (Å²) in [7, 11) is 0. The third kappa shape index (κ3) is 10.1. The van der Waals surface area contributed by atoms with Gasteiger partial charge >= 0.3 is 18.4 Å². The van der Waals surface area contributed by atoms with Gasteiger partial charge in [-0.15, -0.1) is 0 Å². The third-order valence-electron chi connectivity index (χ3n) is 9.15. The van der Waals surface area contributed by atoms with Crippen molar-refractivity contribution in [3.8, 4) is 5.75 Å². The summed E-state index contributed by atoms with van der Waals surface area (Å²) in [6.45, 7) is 5.49. The first-order valence-corrected chi connectivity index (χ1v) is 17.1. The topological polar surface area (TPSA) is 130 Å². The van der Waals surface area contributed by atoms with Gasteiger partial charge in [-0.3, -0.25) is 19.4 Å². The molecule has 3 N–H and O–H groups in total. The molecular weight excluding hydrogens is 740 g/mol. The van der Waals surface area contributed by atoms with E-state index >= 15 is 4.39 Å². The number of rotatable bonds is 8. The monoisotopic (exact) mass is 780 g/mol. The normalized spacial score (nSPS) is 23.0. The quantitative estimate of drug-likeness (QED) is 0.271. The minimum atomic E-state index is -5.27. The first-order chi connectivity index (χ1) is 25.1. The molecule has 0 spiro atoms. The predicted molar refractivity (Wildman–Crippen MR) is 175 cm³/mol. The van der Waals surface area contributed by atoms with Gasteiger partial charge in [-0.25, -0.2) is 13.6 Å². The molecule has 3 fully saturated rings. The summed E-state index contributed by atoms with van der Waals surface area (Å²) >= 11 is 0. The molecule has 0 unspecified atom stereocenters. The number of aliphatic hydroxyl groups excluding tert-OH is 1. The Labute approximate surface area is 304 Å². The summed E-state index contributed by atoms with van der Waals surface area (Å²) in [5, 5.41) is 14.9. The molecule has 54 heavy (non-hydrogen) atoms. The molecule has 2 aromatic carbocycles. The van der Waals surface area contributed by atoms with Crippen LogP contribution in [0.3, 0.4) is 0 Å². The summed E-state index contributed by atoms with van der Waals surface area (Å²) in [5.41, 5.74) is -5.01. The van der Waals surface area contributed by atoms with Crippen LogP contribution in [0.4, 0.5) is 51.3 Å². The Hall–Kier alpha value is -4.23. The van der Waals surface area contributed by atoms with Crippen LogP contribution in [-0.4, -0.2) is 95.6 Å². The van der Waals surface area contributed by atoms with E-state index in [1.54, 1.807) is 25.7 Å². The zero-order valence-corrected chi connectivity index (χ0v) is 29.5. The second-order valence-corrected chi connectivity index (χ2v) is 14.5. The van der Waals surface area contributed by atoms with Crippen LogP contribution in [0.5, 0.6) is 5.75 Å². The van der Waals surface area contributed by atoms with Gasteiger partial charge < -0.3 is 30.0 Å². The number of hydrogen-bond acceptors (Lipinski definition) is 8. The molecule has 0 radical (unpaired) electrons. The number of alkyl halides is 6. The molecule has 298 valence electrons. The van der Waals surface area contributed by atoms with Gasteiger partial charge in [-0.1, -0.05) is 0 Å². The van der Waals surface area contributed by atoms with E-state index in [1.807, 2.05) is 0 Å². The molecule has 0 saturated carbocycles. The maximum Gasteiger partial charge on any atom is 0.422 e. The van der Waals surface area contributed by atoms with Crippen LogP contribution in [0.1, 0.15) is 57.6 Å². The van der Waals surface area contributed by atoms with Gasteiger partial charge in [-0.05, 0) is 63.8 Å². The summed E-state index contributed by atoms with van der Waals surface area (Å²) in [6, 6.07) is 0.620. The summed E-state index contributed by atoms with van der Waals surface area (Å²) in [6.07, 6.45) is -12.7. The van der Waals surface area contributed by atoms with Crippen molar-refractivity contribution in [3.05, 3.63) is 53.1 Å². The summed E-state index contributed by atoms with van der Waals surface area (Å²) < 4.78 is 128. The first-order valence-electron chi connectivity index (χ1n) is 17.1. The van der Waals surface area contributed by atoms with E-state index in [0.29, 0.717) is 44.3 Å². The maximum atomic E-state index is 15.3. The number of amides is 3. The fourth-order valence-electron chi connectivity index (χ4n) is 6.74. The fourth-order valence-corrected chi connectivity index (χ4v) is 6.74. The Balaban J connectivity index is 1.38. The van der Waals surface area contributed by atoms with E-state index in [0.717, 1.165) is 17.0 Å². The zero-order chi connectivity index (χ0) is 39.7. The largest absolute Gasteiger partial charge is 0.488 e. The molecule has 2 aromatic rings. The average Bonchev–Trinajstić information content (AvgIpc) is 3.62. The van der Waals surface area contributed by atoms with Crippen LogP contribution < -0.4 is 15.4 Å². The molecule has 5 rings (SSSR count). The standard InChI is InChI=1S/C35H40F8N4O7/c1-33(2,3)54-32(51)47-16-21(48)13-27(47)31(50)45-20-11-25(37)29(35(41,42)43)28(12-20)53-22-14-26(46(17-22)15-18-6-8-52-9-7-18)30(49)44-19-4-5-23(24(36)10-19)34(38,39)40/h4-5,10-12,18,21-22,26-27,48H,6-9,13-17H2,1-3H3,(H,44,49)(H,45,50)/t21-,22-,26-,27-/m0/s1. The highest BCUT2D eigenvalue weighted by Crippen LogP contribution is 2.42. The highest BCUT2D eigenvalue weighted by molar-refractivity contribution is 5.97. The Kier molecular flexibility index (Phi) is 12.0. The second-order valence-electron chi connectivity index (χ2n) is 14.5. The summed E-state index contributed by atoms with van der Waals surface area (Å²) in [5.74, 6) is -6.14. The lowest BCUT2D eigenvalue weighted by molar-refractivity contribution is -0.142. The van der Waals surface area contributed by atoms with Crippen LogP contribution in [0.25, 0.3) is 0 Å². The van der Waals surface area contributed by atoms with Crippen molar-refractivity contribution in [1.82, 2.24) is 9.80 Å². The van der Waals surface area contributed by atoms with Crippen molar-refractivity contribution in [2.75, 3.05) is 43.5 Å². The SMILES string of the molecule is CC(C)(C)OC(=O)N1C[C@@H](O)C[C@H]1C(=O)Nc1cc(F)c(C(F)(F)F)c(O[C@H]2C[C@@H](C(=O)Nc3ccc(C(F)(F)F)c(F)c3)N(CC3CCOCC3)C2)c1. The highest BCUT2D eigenvalue weighted by atomic mass is 19.4. The molecule has 19 heteroatoms. The first kappa shape index (κ1) is 40.9. The lowest BCUT2D eigenvalue weighted by atomic mass is 9.99. The van der Waals surface area contributed by atoms with Gasteiger partial charge in [0.15, 0.2) is 0 Å². The molecule has 0 bridgehead atoms. The number of anilines is 2. The van der Waals surface area contributed by atoms with Crippen LogP contribution in [-0.2, 0) is 31.4 Å². The summed E-state index contributed by atoms with van der Waals surface area (Å²) in [4.78, 5) is 42.1. The second kappa shape index (κ2) is 15.9. The average molecular weight is 781 g/mol. The van der Waals surface area contributed by atoms with E-state index < -0.39 is 94.4 Å². The molecule has 3 saturated heterocycles. The number of benzene rings is 2. The smallest absolute Gasteiger partial charge is 0.422 e. The van der Waals surface area contributed by atoms with Crippen LogP contribution in [0, 0.1) is 17.6 Å². The molecular formula is C35H40F8N4O7. The number of nitrogens with one attached hydrogen (secondary N) is 2. The number of carbonyl (C=O) groups excluding carboxylic acids is 3. The van der Waals surface area contributed by atoms with Crippen molar-refractivity contribution in [1.29, 1.82) is 0 Å². The maximum absolute atomic E-state index is 15.3. The molecule has 4 atom stereocenters. The number of aliphatic hydroxyl groups is 1. The molecule has 3 aliphatic rings. The molecule has 3 heterocycles. The van der Waals surface area contributed by atoms with Crippen molar-refractivity contribution in [2.24, 2.45) is 5.92 Å². The molecule has 11 nitrogen and oxygen atoms in total. The number of nitrogens with zero attached hydrogens (tertiary/aromatic N) is 2. The number of likely N-dealkylation sites (tertiary alicyclic amines) is 2. The Morgan fingerprint density at radius 2 is 1.48 bits per heavy atom. The molecule has 0 aliphatic carbocycles. The van der Waals surface area contributed by atoms with Crippen molar-refractivity contribution < 1.29 is 68.8 Å². The Bertz CT molecular complexity index is 1710. The van der Waals surface area contributed by atoms with Crippen molar-refractivity contribution >= 4 is 29.3 Å². The number of hydrogen-bond donors (Lipinski definition) is 3. The number of halogens is 8.